The summed E-state index contributed by atoms with van der Waals surface area (Å²) >= 11 is 0. The molecular weight excluding hydrogens is 381 g/mol. The number of rotatable bonds is 5. The van der Waals surface area contributed by atoms with E-state index in [1.807, 2.05) is 6.07 Å². The molecule has 8 nitrogen and oxygen atoms in total. The van der Waals surface area contributed by atoms with E-state index in [4.69, 9.17) is 9.47 Å². The van der Waals surface area contributed by atoms with Crippen LogP contribution in [-0.4, -0.2) is 48.2 Å². The summed E-state index contributed by atoms with van der Waals surface area (Å²) in [6, 6.07) is 5.83. The highest BCUT2D eigenvalue weighted by Gasteiger charge is 2.26. The zero-order valence-electron chi connectivity index (χ0n) is 16.0. The Balaban J connectivity index is 2.01. The molecule has 1 aliphatic rings. The van der Waals surface area contributed by atoms with Crippen LogP contribution in [-0.2, 0) is 4.57 Å². The van der Waals surface area contributed by atoms with Crippen LogP contribution in [0.4, 0.5) is 5.69 Å². The lowest BCUT2D eigenvalue weighted by molar-refractivity contribution is 0.356. The summed E-state index contributed by atoms with van der Waals surface area (Å²) in [7, 11) is -0.912. The first-order valence-electron chi connectivity index (χ1n) is 9.10. The van der Waals surface area contributed by atoms with Crippen LogP contribution in [0.1, 0.15) is 24.8 Å². The predicted molar refractivity (Wildman–Crippen MR) is 106 cm³/mol. The molecule has 28 heavy (non-hydrogen) atoms. The van der Waals surface area contributed by atoms with Gasteiger partial charge < -0.3 is 24.2 Å². The van der Waals surface area contributed by atoms with E-state index in [1.54, 1.807) is 26.5 Å². The summed E-state index contributed by atoms with van der Waals surface area (Å²) < 4.78 is 22.1. The molecule has 2 heterocycles. The quantitative estimate of drug-likeness (QED) is 0.730. The first-order valence-corrected chi connectivity index (χ1v) is 10.9. The number of nitrogens with zero attached hydrogens (tertiary/aromatic N) is 3. The van der Waals surface area contributed by atoms with Gasteiger partial charge in [0.15, 0.2) is 11.5 Å². The van der Waals surface area contributed by atoms with Gasteiger partial charge in [0.05, 0.1) is 37.1 Å². The number of ether oxygens (including phenoxy) is 2. The van der Waals surface area contributed by atoms with E-state index in [-0.39, 0.29) is 12.1 Å². The van der Waals surface area contributed by atoms with Gasteiger partial charge in [-0.05, 0) is 31.2 Å². The van der Waals surface area contributed by atoms with Crippen LogP contribution in [0.15, 0.2) is 18.3 Å². The van der Waals surface area contributed by atoms with E-state index in [2.05, 4.69) is 16.0 Å². The Kier molecular flexibility index (Phi) is 6.09. The van der Waals surface area contributed by atoms with E-state index in [9.17, 15) is 19.6 Å². The van der Waals surface area contributed by atoms with Crippen molar-refractivity contribution in [2.24, 2.45) is 5.92 Å². The van der Waals surface area contributed by atoms with Gasteiger partial charge in [-0.3, -0.25) is 9.55 Å². The lowest BCUT2D eigenvalue weighted by Gasteiger charge is -2.26. The fraction of sp³-hybridized carbons (Fsp3) is 0.474. The van der Waals surface area contributed by atoms with Gasteiger partial charge in [-0.2, -0.15) is 5.26 Å². The normalized spacial score (nSPS) is 17.8. The number of hydrogen-bond donors (Lipinski definition) is 2. The van der Waals surface area contributed by atoms with Gasteiger partial charge in [-0.25, -0.2) is 0 Å². The van der Waals surface area contributed by atoms with Gasteiger partial charge >= 0.3 is 7.60 Å². The second-order valence-electron chi connectivity index (χ2n) is 6.99. The molecule has 0 amide bonds. The zero-order valence-corrected chi connectivity index (χ0v) is 16.9. The Labute approximate surface area is 163 Å². The molecule has 0 aliphatic carbocycles. The summed E-state index contributed by atoms with van der Waals surface area (Å²) in [5, 5.41) is 10.4. The molecule has 1 atom stereocenters. The minimum atomic E-state index is -4.03. The molecule has 1 aromatic carbocycles. The van der Waals surface area contributed by atoms with E-state index in [0.29, 0.717) is 42.1 Å². The first kappa shape index (κ1) is 20.4. The Bertz CT molecular complexity index is 953. The molecule has 1 unspecified atom stereocenters. The Hall–Kier alpha value is -2.33. The van der Waals surface area contributed by atoms with Crippen LogP contribution in [0.25, 0.3) is 10.9 Å². The molecule has 1 saturated heterocycles. The molecule has 0 radical (unpaired) electrons. The van der Waals surface area contributed by atoms with Crippen molar-refractivity contribution >= 4 is 24.2 Å². The third-order valence-corrected chi connectivity index (χ3v) is 6.12. The van der Waals surface area contributed by atoms with E-state index < -0.39 is 7.60 Å². The molecule has 0 spiro atoms. The third-order valence-electron chi connectivity index (χ3n) is 5.13. The number of aromatic nitrogens is 1. The smallest absolute Gasteiger partial charge is 0.325 e. The highest BCUT2D eigenvalue weighted by molar-refractivity contribution is 7.51. The molecular formula is C19H24N3O5P. The van der Waals surface area contributed by atoms with Crippen LogP contribution in [0.3, 0.4) is 0 Å². The number of nitriles is 1. The Morgan fingerprint density at radius 3 is 2.61 bits per heavy atom. The van der Waals surface area contributed by atoms with E-state index in [0.717, 1.165) is 23.9 Å². The number of methoxy groups -OCH3 is 2. The standard InChI is InChI=1S/C19H24N3O5P/c1-26-17-8-15-16(9-18(17)27-2)21-11-14(10-20)19(15)22-6-3-4-13(5-7-22)12-28(23,24)25/h8-9,11,13H,3-7,12H2,1-2H3,(H2,23,24,25). The first-order chi connectivity index (χ1) is 13.4. The monoisotopic (exact) mass is 405 g/mol. The summed E-state index contributed by atoms with van der Waals surface area (Å²) in [6.45, 7) is 1.33. The minimum Gasteiger partial charge on any atom is -0.493 e. The maximum Gasteiger partial charge on any atom is 0.325 e. The van der Waals surface area contributed by atoms with Gasteiger partial charge in [0, 0.05) is 30.7 Å². The van der Waals surface area contributed by atoms with Crippen LogP contribution >= 0.6 is 7.60 Å². The van der Waals surface area contributed by atoms with Crippen molar-refractivity contribution < 1.29 is 23.8 Å². The molecule has 1 fully saturated rings. The van der Waals surface area contributed by atoms with Gasteiger partial charge in [-0.1, -0.05) is 0 Å². The van der Waals surface area contributed by atoms with Crippen LogP contribution in [0, 0.1) is 17.2 Å². The van der Waals surface area contributed by atoms with Crippen molar-refractivity contribution in [3.8, 4) is 17.6 Å². The number of hydrogen-bond acceptors (Lipinski definition) is 6. The largest absolute Gasteiger partial charge is 0.493 e. The number of fused-ring (bicyclic) bond motifs is 1. The SMILES string of the molecule is COc1cc2ncc(C#N)c(N3CCCC(CP(=O)(O)O)CC3)c2cc1OC. The van der Waals surface area contributed by atoms with E-state index in [1.165, 1.54) is 0 Å². The molecule has 0 saturated carbocycles. The molecule has 0 bridgehead atoms. The predicted octanol–water partition coefficient (Wildman–Crippen LogP) is 2.91. The van der Waals surface area contributed by atoms with Gasteiger partial charge in [0.25, 0.3) is 0 Å². The average molecular weight is 405 g/mol. The lowest BCUT2D eigenvalue weighted by Crippen LogP contribution is -2.25. The summed E-state index contributed by atoms with van der Waals surface area (Å²) in [5.41, 5.74) is 1.95. The van der Waals surface area contributed by atoms with E-state index >= 15 is 0 Å². The topological polar surface area (TPSA) is 116 Å². The van der Waals surface area contributed by atoms with Crippen LogP contribution in [0.2, 0.25) is 0 Å². The van der Waals surface area contributed by atoms with Gasteiger partial charge in [0.1, 0.15) is 6.07 Å². The van der Waals surface area contributed by atoms with Gasteiger partial charge in [0.2, 0.25) is 0 Å². The molecule has 150 valence electrons. The summed E-state index contributed by atoms with van der Waals surface area (Å²) in [6.07, 6.45) is 3.68. The van der Waals surface area contributed by atoms with Crippen molar-refractivity contribution in [2.45, 2.75) is 19.3 Å². The van der Waals surface area contributed by atoms with Crippen LogP contribution < -0.4 is 14.4 Å². The zero-order chi connectivity index (χ0) is 20.3. The fourth-order valence-corrected chi connectivity index (χ4v) is 4.87. The molecule has 9 heteroatoms. The second-order valence-corrected chi connectivity index (χ2v) is 8.68. The Morgan fingerprint density at radius 1 is 1.25 bits per heavy atom. The van der Waals surface area contributed by atoms with Crippen molar-refractivity contribution in [3.63, 3.8) is 0 Å². The maximum atomic E-state index is 11.4. The molecule has 2 aromatic rings. The summed E-state index contributed by atoms with van der Waals surface area (Å²) in [4.78, 5) is 25.1. The average Bonchev–Trinajstić information content (AvgIpc) is 2.89. The van der Waals surface area contributed by atoms with Crippen molar-refractivity contribution in [3.05, 3.63) is 23.9 Å². The lowest BCUT2D eigenvalue weighted by atomic mass is 10.0. The molecule has 3 rings (SSSR count). The maximum absolute atomic E-state index is 11.4. The Morgan fingerprint density at radius 2 is 1.96 bits per heavy atom. The molecule has 2 N–H and O–H groups in total. The highest BCUT2D eigenvalue weighted by atomic mass is 31.2. The third kappa shape index (κ3) is 4.39. The highest BCUT2D eigenvalue weighted by Crippen LogP contribution is 2.41. The van der Waals surface area contributed by atoms with Crippen LogP contribution in [0.5, 0.6) is 11.5 Å². The minimum absolute atomic E-state index is 0.0286. The number of pyridine rings is 1. The van der Waals surface area contributed by atoms with Crippen molar-refractivity contribution in [1.29, 1.82) is 5.26 Å². The second kappa shape index (κ2) is 8.36. The number of benzene rings is 1. The number of anilines is 1. The fourth-order valence-electron chi connectivity index (χ4n) is 3.84. The molecule has 1 aliphatic heterocycles. The molecule has 1 aromatic heterocycles. The van der Waals surface area contributed by atoms with Gasteiger partial charge in [-0.15, -0.1) is 0 Å². The summed E-state index contributed by atoms with van der Waals surface area (Å²) in [5.74, 6) is 1.09. The van der Waals surface area contributed by atoms with Crippen molar-refractivity contribution in [1.82, 2.24) is 4.98 Å². The van der Waals surface area contributed by atoms with Crippen molar-refractivity contribution in [2.75, 3.05) is 38.4 Å².